The first-order valence-electron chi connectivity index (χ1n) is 5.96. The van der Waals surface area contributed by atoms with E-state index < -0.39 is 0 Å². The highest BCUT2D eigenvalue weighted by Crippen LogP contribution is 2.36. The molecule has 0 amide bonds. The molecule has 1 atom stereocenters. The maximum atomic E-state index is 5.47. The van der Waals surface area contributed by atoms with E-state index in [9.17, 15) is 0 Å². The minimum Gasteiger partial charge on any atom is -0.496 e. The van der Waals surface area contributed by atoms with Crippen molar-refractivity contribution in [1.82, 2.24) is 4.98 Å². The second-order valence-corrected chi connectivity index (χ2v) is 4.81. The highest BCUT2D eigenvalue weighted by atomic mass is 16.5. The molecule has 2 aromatic rings. The van der Waals surface area contributed by atoms with Gasteiger partial charge >= 0.3 is 0 Å². The topological polar surface area (TPSA) is 25.0 Å². The molecule has 3 rings (SSSR count). The van der Waals surface area contributed by atoms with Gasteiger partial charge in [0.15, 0.2) is 0 Å². The quantitative estimate of drug-likeness (QED) is 0.775. The Morgan fingerprint density at radius 2 is 2.25 bits per heavy atom. The summed E-state index contributed by atoms with van der Waals surface area (Å²) in [6, 6.07) is 6.24. The van der Waals surface area contributed by atoms with Crippen LogP contribution in [0.2, 0.25) is 0 Å². The summed E-state index contributed by atoms with van der Waals surface area (Å²) in [7, 11) is 1.75. The van der Waals surface area contributed by atoms with Crippen molar-refractivity contribution < 1.29 is 4.74 Å². The van der Waals surface area contributed by atoms with Crippen molar-refractivity contribution in [2.24, 2.45) is 5.92 Å². The second kappa shape index (κ2) is 3.55. The molecule has 1 N–H and O–H groups in total. The van der Waals surface area contributed by atoms with Gasteiger partial charge in [0, 0.05) is 16.6 Å². The highest BCUT2D eigenvalue weighted by molar-refractivity contribution is 5.90. The molecule has 2 nitrogen and oxygen atoms in total. The average Bonchev–Trinajstić information content (AvgIpc) is 2.66. The van der Waals surface area contributed by atoms with Gasteiger partial charge in [-0.2, -0.15) is 0 Å². The number of rotatable bonds is 1. The lowest BCUT2D eigenvalue weighted by molar-refractivity contribution is 0.419. The van der Waals surface area contributed by atoms with Gasteiger partial charge in [0.2, 0.25) is 0 Å². The number of aromatic amines is 1. The molecule has 16 heavy (non-hydrogen) atoms. The summed E-state index contributed by atoms with van der Waals surface area (Å²) in [6.07, 6.45) is 3.65. The molecule has 0 saturated heterocycles. The van der Waals surface area contributed by atoms with Crippen LogP contribution in [0.15, 0.2) is 18.2 Å². The van der Waals surface area contributed by atoms with Crippen molar-refractivity contribution in [2.75, 3.05) is 7.11 Å². The Kier molecular flexibility index (Phi) is 2.16. The van der Waals surface area contributed by atoms with Crippen LogP contribution in [0.25, 0.3) is 10.9 Å². The van der Waals surface area contributed by atoms with Gasteiger partial charge in [-0.15, -0.1) is 0 Å². The van der Waals surface area contributed by atoms with E-state index in [-0.39, 0.29) is 0 Å². The summed E-state index contributed by atoms with van der Waals surface area (Å²) < 4.78 is 5.47. The molecular formula is C14H17NO. The number of ether oxygens (including phenoxy) is 1. The Morgan fingerprint density at radius 3 is 3.06 bits per heavy atom. The van der Waals surface area contributed by atoms with E-state index in [1.807, 2.05) is 6.07 Å². The number of aromatic nitrogens is 1. The van der Waals surface area contributed by atoms with Crippen LogP contribution in [0, 0.1) is 5.92 Å². The van der Waals surface area contributed by atoms with Crippen LogP contribution in [0.1, 0.15) is 24.6 Å². The van der Waals surface area contributed by atoms with Crippen molar-refractivity contribution in [1.29, 1.82) is 0 Å². The van der Waals surface area contributed by atoms with Crippen LogP contribution in [-0.4, -0.2) is 12.1 Å². The van der Waals surface area contributed by atoms with Gasteiger partial charge in [0.05, 0.1) is 7.11 Å². The predicted octanol–water partition coefficient (Wildman–Crippen LogP) is 3.30. The van der Waals surface area contributed by atoms with Crippen molar-refractivity contribution >= 4 is 10.9 Å². The van der Waals surface area contributed by atoms with Crippen molar-refractivity contribution in [3.8, 4) is 5.75 Å². The molecule has 1 aliphatic rings. The first kappa shape index (κ1) is 9.76. The SMILES string of the molecule is COc1cccc2[nH]c3c(c12)CC(C)CC3. The molecule has 1 aromatic carbocycles. The largest absolute Gasteiger partial charge is 0.496 e. The molecule has 0 radical (unpaired) electrons. The number of nitrogens with one attached hydrogen (secondary N) is 1. The zero-order valence-corrected chi connectivity index (χ0v) is 9.84. The highest BCUT2D eigenvalue weighted by Gasteiger charge is 2.21. The van der Waals surface area contributed by atoms with Crippen molar-refractivity contribution in [2.45, 2.75) is 26.2 Å². The normalized spacial score (nSPS) is 19.8. The molecule has 1 unspecified atom stereocenters. The summed E-state index contributed by atoms with van der Waals surface area (Å²) in [5.74, 6) is 1.79. The average molecular weight is 215 g/mol. The standard InChI is InChI=1S/C14H17NO/c1-9-6-7-11-10(8-9)14-12(15-11)4-3-5-13(14)16-2/h3-5,9,15H,6-8H2,1-2H3. The van der Waals surface area contributed by atoms with Crippen LogP contribution in [0.4, 0.5) is 0 Å². The molecule has 2 heteroatoms. The monoisotopic (exact) mass is 215 g/mol. The zero-order valence-electron chi connectivity index (χ0n) is 9.84. The smallest absolute Gasteiger partial charge is 0.128 e. The minimum absolute atomic E-state index is 0.788. The fraction of sp³-hybridized carbons (Fsp3) is 0.429. The molecule has 0 bridgehead atoms. The maximum Gasteiger partial charge on any atom is 0.128 e. The molecule has 1 aliphatic carbocycles. The lowest BCUT2D eigenvalue weighted by atomic mass is 9.87. The van der Waals surface area contributed by atoms with Gasteiger partial charge < -0.3 is 9.72 Å². The summed E-state index contributed by atoms with van der Waals surface area (Å²) >= 11 is 0. The number of benzene rings is 1. The van der Waals surface area contributed by atoms with Crippen molar-refractivity contribution in [3.05, 3.63) is 29.5 Å². The molecule has 1 aromatic heterocycles. The van der Waals surface area contributed by atoms with E-state index in [1.54, 1.807) is 7.11 Å². The lowest BCUT2D eigenvalue weighted by Gasteiger charge is -2.18. The lowest BCUT2D eigenvalue weighted by Crippen LogP contribution is -2.10. The Hall–Kier alpha value is -1.44. The molecule has 0 aliphatic heterocycles. The first-order valence-corrected chi connectivity index (χ1v) is 5.96. The molecule has 0 spiro atoms. The molecule has 84 valence electrons. The maximum absolute atomic E-state index is 5.47. The predicted molar refractivity (Wildman–Crippen MR) is 66.0 cm³/mol. The third-order valence-electron chi connectivity index (χ3n) is 3.64. The van der Waals surface area contributed by atoms with E-state index in [2.05, 4.69) is 24.0 Å². The Bertz CT molecular complexity index is 527. The first-order chi connectivity index (χ1) is 7.79. The van der Waals surface area contributed by atoms with Crippen molar-refractivity contribution in [3.63, 3.8) is 0 Å². The summed E-state index contributed by atoms with van der Waals surface area (Å²) in [6.45, 7) is 2.33. The molecule has 0 saturated carbocycles. The fourth-order valence-corrected chi connectivity index (χ4v) is 2.79. The third kappa shape index (κ3) is 1.33. The van der Waals surface area contributed by atoms with E-state index in [4.69, 9.17) is 4.74 Å². The molecular weight excluding hydrogens is 198 g/mol. The van der Waals surface area contributed by atoms with Gasteiger partial charge in [-0.25, -0.2) is 0 Å². The number of aryl methyl sites for hydroxylation is 1. The number of hydrogen-bond donors (Lipinski definition) is 1. The van der Waals surface area contributed by atoms with Crippen LogP contribution in [0.3, 0.4) is 0 Å². The Labute approximate surface area is 95.6 Å². The minimum atomic E-state index is 0.788. The number of H-pyrrole nitrogens is 1. The molecule has 1 heterocycles. The zero-order chi connectivity index (χ0) is 11.1. The Balaban J connectivity index is 2.27. The fourth-order valence-electron chi connectivity index (χ4n) is 2.79. The van der Waals surface area contributed by atoms with Gasteiger partial charge in [-0.3, -0.25) is 0 Å². The van der Waals surface area contributed by atoms with Crippen LogP contribution >= 0.6 is 0 Å². The van der Waals surface area contributed by atoms with E-state index in [0.717, 1.165) is 11.7 Å². The Morgan fingerprint density at radius 1 is 1.38 bits per heavy atom. The van der Waals surface area contributed by atoms with Gasteiger partial charge in [-0.1, -0.05) is 13.0 Å². The van der Waals surface area contributed by atoms with Crippen LogP contribution in [-0.2, 0) is 12.8 Å². The molecule has 0 fully saturated rings. The summed E-state index contributed by atoms with van der Waals surface area (Å²) in [5.41, 5.74) is 4.11. The number of methoxy groups -OCH3 is 1. The van der Waals surface area contributed by atoms with Gasteiger partial charge in [0.25, 0.3) is 0 Å². The number of fused-ring (bicyclic) bond motifs is 3. The van der Waals surface area contributed by atoms with Crippen LogP contribution < -0.4 is 4.74 Å². The third-order valence-corrected chi connectivity index (χ3v) is 3.64. The summed E-state index contributed by atoms with van der Waals surface area (Å²) in [4.78, 5) is 3.53. The second-order valence-electron chi connectivity index (χ2n) is 4.81. The van der Waals surface area contributed by atoms with E-state index in [1.165, 1.54) is 41.4 Å². The van der Waals surface area contributed by atoms with Gasteiger partial charge in [-0.05, 0) is 42.9 Å². The number of hydrogen-bond acceptors (Lipinski definition) is 1. The summed E-state index contributed by atoms with van der Waals surface area (Å²) in [5, 5.41) is 1.30. The van der Waals surface area contributed by atoms with Gasteiger partial charge in [0.1, 0.15) is 5.75 Å². The van der Waals surface area contributed by atoms with E-state index >= 15 is 0 Å². The van der Waals surface area contributed by atoms with E-state index in [0.29, 0.717) is 0 Å². The van der Waals surface area contributed by atoms with Crippen LogP contribution in [0.5, 0.6) is 5.75 Å².